The minimum atomic E-state index is -0.115. The molecule has 4 nitrogen and oxygen atoms in total. The Hall–Kier alpha value is -2.49. The zero-order chi connectivity index (χ0) is 17.4. The molecule has 2 aromatic carbocycles. The first-order valence-corrected chi connectivity index (χ1v) is 8.30. The van der Waals surface area contributed by atoms with Gasteiger partial charge in [-0.3, -0.25) is 4.79 Å². The van der Waals surface area contributed by atoms with Crippen molar-refractivity contribution in [1.82, 2.24) is 5.32 Å². The summed E-state index contributed by atoms with van der Waals surface area (Å²) in [5.41, 5.74) is 2.14. The van der Waals surface area contributed by atoms with Crippen LogP contribution < -0.4 is 14.8 Å². The van der Waals surface area contributed by atoms with Gasteiger partial charge >= 0.3 is 0 Å². The molecule has 0 saturated carbocycles. The van der Waals surface area contributed by atoms with E-state index in [4.69, 9.17) is 9.47 Å². The fourth-order valence-corrected chi connectivity index (χ4v) is 2.46. The van der Waals surface area contributed by atoms with Crippen LogP contribution in [-0.4, -0.2) is 19.1 Å². The molecule has 0 spiro atoms. The van der Waals surface area contributed by atoms with Crippen molar-refractivity contribution in [3.63, 3.8) is 0 Å². The molecule has 2 aromatic rings. The molecule has 1 amide bonds. The van der Waals surface area contributed by atoms with Crippen LogP contribution in [0.15, 0.2) is 48.5 Å². The van der Waals surface area contributed by atoms with Crippen molar-refractivity contribution in [2.45, 2.75) is 33.2 Å². The highest BCUT2D eigenvalue weighted by atomic mass is 16.5. The van der Waals surface area contributed by atoms with Crippen LogP contribution in [0.4, 0.5) is 0 Å². The Balaban J connectivity index is 1.88. The number of ether oxygens (including phenoxy) is 2. The SMILES string of the molecule is CCOc1ccc(C)cc1C(C)NC(=O)CCOc1ccccc1. The zero-order valence-corrected chi connectivity index (χ0v) is 14.5. The average Bonchev–Trinajstić information content (AvgIpc) is 2.57. The monoisotopic (exact) mass is 327 g/mol. The van der Waals surface area contributed by atoms with Crippen molar-refractivity contribution in [3.8, 4) is 11.5 Å². The molecule has 0 aliphatic heterocycles. The van der Waals surface area contributed by atoms with E-state index >= 15 is 0 Å². The normalized spacial score (nSPS) is 11.6. The van der Waals surface area contributed by atoms with Gasteiger partial charge in [0.05, 0.1) is 25.7 Å². The molecule has 0 bridgehead atoms. The van der Waals surface area contributed by atoms with Crippen molar-refractivity contribution in [1.29, 1.82) is 0 Å². The first kappa shape index (κ1) is 17.9. The van der Waals surface area contributed by atoms with Gasteiger partial charge in [-0.15, -0.1) is 0 Å². The molecule has 4 heteroatoms. The number of aryl methyl sites for hydroxylation is 1. The van der Waals surface area contributed by atoms with Crippen LogP contribution in [-0.2, 0) is 4.79 Å². The summed E-state index contributed by atoms with van der Waals surface area (Å²) in [6.45, 7) is 6.90. The predicted octanol–water partition coefficient (Wildman–Crippen LogP) is 4.04. The lowest BCUT2D eigenvalue weighted by Gasteiger charge is -2.19. The maximum atomic E-state index is 12.1. The van der Waals surface area contributed by atoms with Gasteiger partial charge in [0.2, 0.25) is 5.91 Å². The van der Waals surface area contributed by atoms with Crippen LogP contribution in [0, 0.1) is 6.92 Å². The summed E-state index contributed by atoms with van der Waals surface area (Å²) in [6.07, 6.45) is 0.315. The lowest BCUT2D eigenvalue weighted by atomic mass is 10.0. The molecule has 0 heterocycles. The van der Waals surface area contributed by atoms with Crippen molar-refractivity contribution in [3.05, 3.63) is 59.7 Å². The number of benzene rings is 2. The van der Waals surface area contributed by atoms with Crippen LogP contribution in [0.25, 0.3) is 0 Å². The molecule has 1 N–H and O–H groups in total. The Morgan fingerprint density at radius 2 is 1.88 bits per heavy atom. The van der Waals surface area contributed by atoms with Crippen LogP contribution in [0.3, 0.4) is 0 Å². The summed E-state index contributed by atoms with van der Waals surface area (Å²) in [5.74, 6) is 1.55. The zero-order valence-electron chi connectivity index (χ0n) is 14.5. The van der Waals surface area contributed by atoms with E-state index in [-0.39, 0.29) is 11.9 Å². The first-order chi connectivity index (χ1) is 11.6. The molecule has 0 aliphatic rings. The molecule has 0 aliphatic carbocycles. The fraction of sp³-hybridized carbons (Fsp3) is 0.350. The number of carbonyl (C=O) groups is 1. The number of carbonyl (C=O) groups excluding carboxylic acids is 1. The molecule has 0 fully saturated rings. The van der Waals surface area contributed by atoms with Gasteiger partial charge in [-0.05, 0) is 39.0 Å². The molecule has 1 atom stereocenters. The van der Waals surface area contributed by atoms with E-state index in [1.807, 2.05) is 63.2 Å². The van der Waals surface area contributed by atoms with Gasteiger partial charge in [-0.2, -0.15) is 0 Å². The lowest BCUT2D eigenvalue weighted by molar-refractivity contribution is -0.122. The second kappa shape index (κ2) is 8.96. The van der Waals surface area contributed by atoms with E-state index in [1.165, 1.54) is 0 Å². The van der Waals surface area contributed by atoms with E-state index < -0.39 is 0 Å². The van der Waals surface area contributed by atoms with E-state index in [1.54, 1.807) is 0 Å². The smallest absolute Gasteiger partial charge is 0.223 e. The standard InChI is InChI=1S/C20H25NO3/c1-4-23-19-11-10-15(2)14-18(19)16(3)21-20(22)12-13-24-17-8-6-5-7-9-17/h5-11,14,16H,4,12-13H2,1-3H3,(H,21,22). The van der Waals surface area contributed by atoms with Crippen molar-refractivity contribution >= 4 is 5.91 Å². The minimum absolute atomic E-state index is 0.0395. The van der Waals surface area contributed by atoms with Gasteiger partial charge in [0.25, 0.3) is 0 Å². The Bertz CT molecular complexity index is 655. The summed E-state index contributed by atoms with van der Waals surface area (Å²) >= 11 is 0. The molecular formula is C20H25NO3. The molecule has 2 rings (SSSR count). The van der Waals surface area contributed by atoms with Crippen LogP contribution >= 0.6 is 0 Å². The van der Waals surface area contributed by atoms with E-state index in [0.29, 0.717) is 19.6 Å². The van der Waals surface area contributed by atoms with E-state index in [2.05, 4.69) is 11.4 Å². The average molecular weight is 327 g/mol. The van der Waals surface area contributed by atoms with Crippen molar-refractivity contribution < 1.29 is 14.3 Å². The second-order valence-corrected chi connectivity index (χ2v) is 5.68. The largest absolute Gasteiger partial charge is 0.494 e. The van der Waals surface area contributed by atoms with Gasteiger partial charge in [0.15, 0.2) is 0 Å². The van der Waals surface area contributed by atoms with Crippen molar-refractivity contribution in [2.75, 3.05) is 13.2 Å². The topological polar surface area (TPSA) is 47.6 Å². The van der Waals surface area contributed by atoms with Crippen LogP contribution in [0.2, 0.25) is 0 Å². The van der Waals surface area contributed by atoms with Gasteiger partial charge in [0, 0.05) is 5.56 Å². The Morgan fingerprint density at radius 1 is 1.12 bits per heavy atom. The molecule has 1 unspecified atom stereocenters. The van der Waals surface area contributed by atoms with Crippen molar-refractivity contribution in [2.24, 2.45) is 0 Å². The summed E-state index contributed by atoms with van der Waals surface area (Å²) < 4.78 is 11.2. The summed E-state index contributed by atoms with van der Waals surface area (Å²) in [5, 5.41) is 3.01. The Kier molecular flexibility index (Phi) is 6.67. The highest BCUT2D eigenvalue weighted by Crippen LogP contribution is 2.26. The summed E-state index contributed by atoms with van der Waals surface area (Å²) in [7, 11) is 0. The summed E-state index contributed by atoms with van der Waals surface area (Å²) in [6, 6.07) is 15.4. The maximum absolute atomic E-state index is 12.1. The van der Waals surface area contributed by atoms with Gasteiger partial charge in [0.1, 0.15) is 11.5 Å². The summed E-state index contributed by atoms with van der Waals surface area (Å²) in [4.78, 5) is 12.1. The highest BCUT2D eigenvalue weighted by molar-refractivity contribution is 5.76. The molecule has 0 saturated heterocycles. The number of para-hydroxylation sites is 1. The third-order valence-corrected chi connectivity index (χ3v) is 3.65. The molecule has 0 radical (unpaired) electrons. The van der Waals surface area contributed by atoms with Gasteiger partial charge in [-0.1, -0.05) is 35.9 Å². The molecule has 128 valence electrons. The highest BCUT2D eigenvalue weighted by Gasteiger charge is 2.14. The van der Waals surface area contributed by atoms with Gasteiger partial charge in [-0.25, -0.2) is 0 Å². The van der Waals surface area contributed by atoms with Crippen LogP contribution in [0.1, 0.15) is 37.4 Å². The first-order valence-electron chi connectivity index (χ1n) is 8.30. The van der Waals surface area contributed by atoms with E-state index in [9.17, 15) is 4.79 Å². The van der Waals surface area contributed by atoms with Gasteiger partial charge < -0.3 is 14.8 Å². The Labute approximate surface area is 143 Å². The Morgan fingerprint density at radius 3 is 2.58 bits per heavy atom. The lowest BCUT2D eigenvalue weighted by Crippen LogP contribution is -2.28. The second-order valence-electron chi connectivity index (χ2n) is 5.68. The fourth-order valence-electron chi connectivity index (χ4n) is 2.46. The molecular weight excluding hydrogens is 302 g/mol. The maximum Gasteiger partial charge on any atom is 0.223 e. The number of nitrogens with one attached hydrogen (secondary N) is 1. The predicted molar refractivity (Wildman–Crippen MR) is 95.5 cm³/mol. The molecule has 0 aromatic heterocycles. The minimum Gasteiger partial charge on any atom is -0.494 e. The number of hydrogen-bond acceptors (Lipinski definition) is 3. The number of rotatable bonds is 8. The third kappa shape index (κ3) is 5.30. The van der Waals surface area contributed by atoms with E-state index in [0.717, 1.165) is 22.6 Å². The number of amides is 1. The number of hydrogen-bond donors (Lipinski definition) is 1. The quantitative estimate of drug-likeness (QED) is 0.796. The molecule has 24 heavy (non-hydrogen) atoms. The third-order valence-electron chi connectivity index (χ3n) is 3.65. The van der Waals surface area contributed by atoms with Crippen LogP contribution in [0.5, 0.6) is 11.5 Å².